The van der Waals surface area contributed by atoms with E-state index < -0.39 is 17.2 Å². The first-order valence-corrected chi connectivity index (χ1v) is 10.6. The maximum atomic E-state index is 11.8. The number of nitrogens with one attached hydrogen (secondary N) is 1. The number of aromatic nitrogens is 3. The van der Waals surface area contributed by atoms with Crippen LogP contribution in [0.25, 0.3) is 10.9 Å². The Morgan fingerprint density at radius 3 is 2.50 bits per heavy atom. The Bertz CT molecular complexity index is 1060. The minimum absolute atomic E-state index is 0.168. The average molecular weight is 506 g/mol. The standard InChI is InChI=1S/C13H21BrN4O3.C9H7NO/c1-12(2,3)21-11(19)18-13(4,5)7-20-10-9(15)16-6-8(14)17-10;11-8-5-1-3-7-4-2-6-10-9(7)8/h6H,7H2,1-5H3,(H2,15,16)(H,18,19);1-6,11H. The summed E-state index contributed by atoms with van der Waals surface area (Å²) in [5, 5.41) is 13.0. The van der Waals surface area contributed by atoms with Crippen molar-refractivity contribution in [3.05, 3.63) is 47.3 Å². The summed E-state index contributed by atoms with van der Waals surface area (Å²) in [7, 11) is 0. The molecule has 32 heavy (non-hydrogen) atoms. The number of alkyl carbamates (subject to hydrolysis) is 1. The molecule has 0 fully saturated rings. The normalized spacial score (nSPS) is 11.3. The molecule has 3 aromatic rings. The van der Waals surface area contributed by atoms with Gasteiger partial charge in [0.15, 0.2) is 5.82 Å². The number of nitrogens with two attached hydrogens (primary N) is 1. The molecule has 0 spiro atoms. The number of pyridine rings is 1. The number of rotatable bonds is 4. The van der Waals surface area contributed by atoms with Gasteiger partial charge in [-0.25, -0.2) is 14.8 Å². The number of ether oxygens (including phenoxy) is 2. The molecule has 1 aromatic carbocycles. The molecule has 0 saturated carbocycles. The van der Waals surface area contributed by atoms with Gasteiger partial charge in [-0.1, -0.05) is 18.2 Å². The molecule has 0 bridgehead atoms. The summed E-state index contributed by atoms with van der Waals surface area (Å²) in [6, 6.07) is 9.13. The SMILES string of the molecule is CC(C)(COc1nc(Br)cnc1N)NC(=O)OC(C)(C)C.Oc1cccc2cccnc12. The molecular formula is C22H28BrN5O4. The van der Waals surface area contributed by atoms with Crippen molar-refractivity contribution in [2.75, 3.05) is 12.3 Å². The topological polar surface area (TPSA) is 132 Å². The number of phenols is 1. The molecule has 9 nitrogen and oxygen atoms in total. The highest BCUT2D eigenvalue weighted by Gasteiger charge is 2.26. The van der Waals surface area contributed by atoms with Gasteiger partial charge in [0.25, 0.3) is 5.88 Å². The van der Waals surface area contributed by atoms with Crippen LogP contribution in [0.5, 0.6) is 11.6 Å². The Hall–Kier alpha value is -3.14. The molecule has 0 atom stereocenters. The summed E-state index contributed by atoms with van der Waals surface area (Å²) in [6.45, 7) is 9.17. The summed E-state index contributed by atoms with van der Waals surface area (Å²) < 4.78 is 11.2. The molecule has 0 unspecified atom stereocenters. The van der Waals surface area contributed by atoms with Gasteiger partial charge in [-0.3, -0.25) is 4.98 Å². The van der Waals surface area contributed by atoms with E-state index in [0.29, 0.717) is 10.1 Å². The first-order valence-electron chi connectivity index (χ1n) is 9.81. The molecule has 0 aliphatic heterocycles. The second kappa shape index (κ2) is 10.4. The van der Waals surface area contributed by atoms with Crippen LogP contribution < -0.4 is 15.8 Å². The number of benzene rings is 1. The number of nitrogens with zero attached hydrogens (tertiary/aromatic N) is 3. The van der Waals surface area contributed by atoms with Crippen LogP contribution in [0, 0.1) is 0 Å². The van der Waals surface area contributed by atoms with Gasteiger partial charge in [0.1, 0.15) is 28.1 Å². The van der Waals surface area contributed by atoms with E-state index in [-0.39, 0.29) is 24.1 Å². The molecule has 0 radical (unpaired) electrons. The number of anilines is 1. The Labute approximate surface area is 195 Å². The zero-order valence-electron chi connectivity index (χ0n) is 18.7. The summed E-state index contributed by atoms with van der Waals surface area (Å²) in [5.74, 6) is 0.637. The van der Waals surface area contributed by atoms with Gasteiger partial charge in [0, 0.05) is 11.6 Å². The Kier molecular flexibility index (Phi) is 8.20. The second-order valence-electron chi connectivity index (χ2n) is 8.53. The third kappa shape index (κ3) is 8.18. The molecule has 0 aliphatic rings. The van der Waals surface area contributed by atoms with Crippen LogP contribution in [0.4, 0.5) is 10.6 Å². The van der Waals surface area contributed by atoms with Gasteiger partial charge in [0.05, 0.1) is 11.7 Å². The van der Waals surface area contributed by atoms with Crippen molar-refractivity contribution in [1.82, 2.24) is 20.3 Å². The predicted molar refractivity (Wildman–Crippen MR) is 126 cm³/mol. The van der Waals surface area contributed by atoms with Crippen molar-refractivity contribution in [1.29, 1.82) is 0 Å². The first-order chi connectivity index (χ1) is 14.9. The number of carbonyl (C=O) groups excluding carboxylic acids is 1. The highest BCUT2D eigenvalue weighted by atomic mass is 79.9. The molecule has 10 heteroatoms. The minimum atomic E-state index is -0.654. The minimum Gasteiger partial charge on any atom is -0.506 e. The van der Waals surface area contributed by atoms with E-state index >= 15 is 0 Å². The van der Waals surface area contributed by atoms with Gasteiger partial charge >= 0.3 is 6.09 Å². The number of aromatic hydroxyl groups is 1. The molecule has 2 aromatic heterocycles. The zero-order chi connectivity index (χ0) is 23.9. The van der Waals surface area contributed by atoms with Crippen molar-refractivity contribution >= 4 is 38.7 Å². The molecule has 0 aliphatic carbocycles. The molecular weight excluding hydrogens is 478 g/mol. The van der Waals surface area contributed by atoms with Gasteiger partial charge in [-0.05, 0) is 62.7 Å². The van der Waals surface area contributed by atoms with Crippen molar-refractivity contribution < 1.29 is 19.4 Å². The number of nitrogen functional groups attached to an aromatic ring is 1. The summed E-state index contributed by atoms with van der Waals surface area (Å²) >= 11 is 3.19. The third-order valence-electron chi connectivity index (χ3n) is 3.76. The largest absolute Gasteiger partial charge is 0.506 e. The Morgan fingerprint density at radius 2 is 1.84 bits per heavy atom. The van der Waals surface area contributed by atoms with E-state index in [9.17, 15) is 9.90 Å². The molecule has 2 heterocycles. The van der Waals surface area contributed by atoms with E-state index in [1.54, 1.807) is 52.9 Å². The lowest BCUT2D eigenvalue weighted by Gasteiger charge is -2.28. The van der Waals surface area contributed by atoms with Crippen molar-refractivity contribution in [3.8, 4) is 11.6 Å². The quantitative estimate of drug-likeness (QED) is 0.473. The number of hydrogen-bond donors (Lipinski definition) is 3. The predicted octanol–water partition coefficient (Wildman–Crippen LogP) is 4.44. The highest BCUT2D eigenvalue weighted by Crippen LogP contribution is 2.21. The lowest BCUT2D eigenvalue weighted by Crippen LogP contribution is -2.49. The molecule has 1 amide bonds. The number of para-hydroxylation sites is 1. The van der Waals surface area contributed by atoms with Crippen LogP contribution in [0.1, 0.15) is 34.6 Å². The van der Waals surface area contributed by atoms with E-state index in [1.807, 2.05) is 18.2 Å². The lowest BCUT2D eigenvalue weighted by molar-refractivity contribution is 0.0440. The van der Waals surface area contributed by atoms with Crippen LogP contribution in [0.15, 0.2) is 47.3 Å². The lowest BCUT2D eigenvalue weighted by atomic mass is 10.1. The fourth-order valence-corrected chi connectivity index (χ4v) is 2.68. The van der Waals surface area contributed by atoms with Crippen LogP contribution in [-0.4, -0.2) is 43.9 Å². The smallest absolute Gasteiger partial charge is 0.408 e. The number of fused-ring (bicyclic) bond motifs is 1. The Morgan fingerprint density at radius 1 is 1.16 bits per heavy atom. The number of halogens is 1. The average Bonchev–Trinajstić information content (AvgIpc) is 2.68. The summed E-state index contributed by atoms with van der Waals surface area (Å²) in [4.78, 5) is 23.8. The number of amides is 1. The maximum absolute atomic E-state index is 11.8. The number of carbonyl (C=O) groups is 1. The first kappa shape index (κ1) is 25.1. The van der Waals surface area contributed by atoms with Crippen LogP contribution in [0.2, 0.25) is 0 Å². The second-order valence-corrected chi connectivity index (χ2v) is 9.35. The van der Waals surface area contributed by atoms with E-state index in [0.717, 1.165) is 5.39 Å². The van der Waals surface area contributed by atoms with Crippen LogP contribution >= 0.6 is 15.9 Å². The number of hydrogen-bond acceptors (Lipinski definition) is 8. The van der Waals surface area contributed by atoms with Gasteiger partial charge < -0.3 is 25.6 Å². The number of phenolic OH excluding ortho intramolecular Hbond substituents is 1. The third-order valence-corrected chi connectivity index (χ3v) is 4.14. The summed E-state index contributed by atoms with van der Waals surface area (Å²) in [5.41, 5.74) is 5.13. The fraction of sp³-hybridized carbons (Fsp3) is 0.364. The monoisotopic (exact) mass is 505 g/mol. The summed E-state index contributed by atoms with van der Waals surface area (Å²) in [6.07, 6.45) is 2.64. The highest BCUT2D eigenvalue weighted by molar-refractivity contribution is 9.10. The van der Waals surface area contributed by atoms with E-state index in [4.69, 9.17) is 15.2 Å². The van der Waals surface area contributed by atoms with Crippen LogP contribution in [-0.2, 0) is 4.74 Å². The van der Waals surface area contributed by atoms with E-state index in [2.05, 4.69) is 36.2 Å². The molecule has 172 valence electrons. The van der Waals surface area contributed by atoms with Crippen molar-refractivity contribution in [2.45, 2.75) is 45.8 Å². The molecule has 0 saturated heterocycles. The van der Waals surface area contributed by atoms with Crippen molar-refractivity contribution in [2.24, 2.45) is 0 Å². The van der Waals surface area contributed by atoms with E-state index in [1.165, 1.54) is 6.20 Å². The van der Waals surface area contributed by atoms with Crippen LogP contribution in [0.3, 0.4) is 0 Å². The van der Waals surface area contributed by atoms with Gasteiger partial charge in [-0.15, -0.1) is 0 Å². The van der Waals surface area contributed by atoms with Gasteiger partial charge in [0.2, 0.25) is 0 Å². The maximum Gasteiger partial charge on any atom is 0.408 e. The fourth-order valence-electron chi connectivity index (χ4n) is 2.42. The van der Waals surface area contributed by atoms with Gasteiger partial charge in [-0.2, -0.15) is 0 Å². The molecule has 4 N–H and O–H groups in total. The Balaban J connectivity index is 0.000000273. The van der Waals surface area contributed by atoms with Crippen molar-refractivity contribution in [3.63, 3.8) is 0 Å². The zero-order valence-corrected chi connectivity index (χ0v) is 20.3. The molecule has 3 rings (SSSR count).